The maximum absolute atomic E-state index is 10.8. The van der Waals surface area contributed by atoms with E-state index in [1.165, 1.54) is 6.07 Å². The zero-order valence-corrected chi connectivity index (χ0v) is 11.1. The maximum Gasteiger partial charge on any atom is 0.269 e. The summed E-state index contributed by atoms with van der Waals surface area (Å²) in [5, 5.41) is 18.8. The lowest BCUT2D eigenvalue weighted by atomic mass is 10.1. The van der Waals surface area contributed by atoms with E-state index < -0.39 is 4.92 Å². The van der Waals surface area contributed by atoms with Crippen molar-refractivity contribution in [1.29, 1.82) is 0 Å². The van der Waals surface area contributed by atoms with Gasteiger partial charge in [0.05, 0.1) is 23.4 Å². The van der Waals surface area contributed by atoms with Gasteiger partial charge >= 0.3 is 0 Å². The molecule has 0 aliphatic carbocycles. The fourth-order valence-corrected chi connectivity index (χ4v) is 2.15. The van der Waals surface area contributed by atoms with Crippen molar-refractivity contribution < 1.29 is 4.92 Å². The summed E-state index contributed by atoms with van der Waals surface area (Å²) in [5.41, 5.74) is 2.77. The normalized spacial score (nSPS) is 10.5. The second kappa shape index (κ2) is 5.54. The lowest BCUT2D eigenvalue weighted by Gasteiger charge is -2.06. The number of nitro groups is 1. The van der Waals surface area contributed by atoms with Crippen LogP contribution in [0.4, 0.5) is 5.69 Å². The highest BCUT2D eigenvalue weighted by molar-refractivity contribution is 5.58. The SMILES string of the molecule is O=[N+]([O-])c1cccc(Cn2nncc2-c2ccccc2)c1. The number of nitrogens with zero attached hydrogens (tertiary/aromatic N) is 4. The Hall–Kier alpha value is -3.02. The molecule has 0 fully saturated rings. The molecule has 1 aromatic heterocycles. The average Bonchev–Trinajstić information content (AvgIpc) is 2.96. The molecule has 0 saturated carbocycles. The highest BCUT2D eigenvalue weighted by Gasteiger charge is 2.09. The summed E-state index contributed by atoms with van der Waals surface area (Å²) in [5.74, 6) is 0. The Kier molecular flexibility index (Phi) is 3.42. The first-order valence-electron chi connectivity index (χ1n) is 6.41. The number of hydrogen-bond donors (Lipinski definition) is 0. The minimum absolute atomic E-state index is 0.0777. The Morgan fingerprint density at radius 1 is 1.10 bits per heavy atom. The summed E-state index contributed by atoms with van der Waals surface area (Å²) in [6.45, 7) is 0.436. The third-order valence-corrected chi connectivity index (χ3v) is 3.14. The first kappa shape index (κ1) is 13.0. The molecule has 3 rings (SSSR count). The molecule has 21 heavy (non-hydrogen) atoms. The summed E-state index contributed by atoms with van der Waals surface area (Å²) < 4.78 is 1.73. The zero-order chi connectivity index (χ0) is 14.7. The van der Waals surface area contributed by atoms with Crippen molar-refractivity contribution in [1.82, 2.24) is 15.0 Å². The van der Waals surface area contributed by atoms with Crippen LogP contribution in [0.5, 0.6) is 0 Å². The Labute approximate surface area is 120 Å². The number of rotatable bonds is 4. The smallest absolute Gasteiger partial charge is 0.258 e. The van der Waals surface area contributed by atoms with Crippen LogP contribution in [0.15, 0.2) is 60.8 Å². The quantitative estimate of drug-likeness (QED) is 0.544. The lowest BCUT2D eigenvalue weighted by Crippen LogP contribution is -2.04. The average molecular weight is 280 g/mol. The Morgan fingerprint density at radius 2 is 1.90 bits per heavy atom. The predicted molar refractivity (Wildman–Crippen MR) is 77.7 cm³/mol. The molecule has 0 radical (unpaired) electrons. The fourth-order valence-electron chi connectivity index (χ4n) is 2.15. The number of nitro benzene ring substituents is 1. The fraction of sp³-hybridized carbons (Fsp3) is 0.0667. The summed E-state index contributed by atoms with van der Waals surface area (Å²) in [7, 11) is 0. The second-order valence-electron chi connectivity index (χ2n) is 4.57. The molecule has 0 aliphatic rings. The number of aromatic nitrogens is 3. The van der Waals surface area contributed by atoms with Gasteiger partial charge in [-0.25, -0.2) is 4.68 Å². The molecule has 0 bridgehead atoms. The van der Waals surface area contributed by atoms with Gasteiger partial charge in [-0.05, 0) is 5.56 Å². The van der Waals surface area contributed by atoms with Crippen molar-refractivity contribution >= 4 is 5.69 Å². The topological polar surface area (TPSA) is 73.8 Å². The van der Waals surface area contributed by atoms with Crippen molar-refractivity contribution in [3.63, 3.8) is 0 Å². The predicted octanol–water partition coefficient (Wildman–Crippen LogP) is 2.90. The summed E-state index contributed by atoms with van der Waals surface area (Å²) in [4.78, 5) is 10.4. The second-order valence-corrected chi connectivity index (χ2v) is 4.57. The monoisotopic (exact) mass is 280 g/mol. The van der Waals surface area contributed by atoms with Crippen LogP contribution in [0.2, 0.25) is 0 Å². The lowest BCUT2D eigenvalue weighted by molar-refractivity contribution is -0.384. The largest absolute Gasteiger partial charge is 0.269 e. The van der Waals surface area contributed by atoms with E-state index in [0.29, 0.717) is 6.54 Å². The summed E-state index contributed by atoms with van der Waals surface area (Å²) >= 11 is 0. The number of hydrogen-bond acceptors (Lipinski definition) is 4. The van der Waals surface area contributed by atoms with E-state index in [-0.39, 0.29) is 5.69 Å². The highest BCUT2D eigenvalue weighted by atomic mass is 16.6. The molecule has 0 spiro atoms. The third kappa shape index (κ3) is 2.79. The highest BCUT2D eigenvalue weighted by Crippen LogP contribution is 2.19. The standard InChI is InChI=1S/C15H12N4O2/c20-19(21)14-8-4-5-12(9-14)11-18-15(10-16-17-18)13-6-2-1-3-7-13/h1-10H,11H2. The van der Waals surface area contributed by atoms with Gasteiger partial charge in [-0.1, -0.05) is 47.7 Å². The van der Waals surface area contributed by atoms with Gasteiger partial charge in [0.2, 0.25) is 0 Å². The van der Waals surface area contributed by atoms with Gasteiger partial charge in [0.1, 0.15) is 0 Å². The van der Waals surface area contributed by atoms with E-state index in [0.717, 1.165) is 16.8 Å². The Bertz CT molecular complexity index is 768. The van der Waals surface area contributed by atoms with Crippen molar-refractivity contribution in [3.05, 3.63) is 76.5 Å². The molecular formula is C15H12N4O2. The van der Waals surface area contributed by atoms with Gasteiger partial charge in [0, 0.05) is 17.7 Å². The van der Waals surface area contributed by atoms with Crippen LogP contribution in [0.3, 0.4) is 0 Å². The molecule has 0 atom stereocenters. The van der Waals surface area contributed by atoms with E-state index >= 15 is 0 Å². The van der Waals surface area contributed by atoms with E-state index in [4.69, 9.17) is 0 Å². The van der Waals surface area contributed by atoms with Crippen molar-refractivity contribution in [2.45, 2.75) is 6.54 Å². The van der Waals surface area contributed by atoms with Crippen LogP contribution in [0.25, 0.3) is 11.3 Å². The number of benzene rings is 2. The van der Waals surface area contributed by atoms with Crippen LogP contribution in [-0.4, -0.2) is 19.9 Å². The molecule has 0 N–H and O–H groups in total. The Balaban J connectivity index is 1.92. The van der Waals surface area contributed by atoms with Crippen LogP contribution < -0.4 is 0 Å². The first-order chi connectivity index (χ1) is 10.2. The molecule has 0 aliphatic heterocycles. The first-order valence-corrected chi connectivity index (χ1v) is 6.41. The molecule has 1 heterocycles. The third-order valence-electron chi connectivity index (χ3n) is 3.14. The molecular weight excluding hydrogens is 268 g/mol. The van der Waals surface area contributed by atoms with E-state index in [1.807, 2.05) is 36.4 Å². The molecule has 104 valence electrons. The number of non-ortho nitro benzene ring substituents is 1. The minimum atomic E-state index is -0.400. The minimum Gasteiger partial charge on any atom is -0.258 e. The van der Waals surface area contributed by atoms with E-state index in [1.54, 1.807) is 23.0 Å². The summed E-state index contributed by atoms with van der Waals surface area (Å²) in [6.07, 6.45) is 1.69. The Morgan fingerprint density at radius 3 is 2.67 bits per heavy atom. The van der Waals surface area contributed by atoms with Gasteiger partial charge in [0.15, 0.2) is 0 Å². The summed E-state index contributed by atoms with van der Waals surface area (Å²) in [6, 6.07) is 16.3. The van der Waals surface area contributed by atoms with Crippen LogP contribution in [0, 0.1) is 10.1 Å². The molecule has 2 aromatic carbocycles. The zero-order valence-electron chi connectivity index (χ0n) is 11.1. The van der Waals surface area contributed by atoms with Gasteiger partial charge in [-0.3, -0.25) is 10.1 Å². The van der Waals surface area contributed by atoms with Crippen LogP contribution in [0.1, 0.15) is 5.56 Å². The molecule has 0 saturated heterocycles. The maximum atomic E-state index is 10.8. The van der Waals surface area contributed by atoms with E-state index in [2.05, 4.69) is 10.3 Å². The van der Waals surface area contributed by atoms with E-state index in [9.17, 15) is 10.1 Å². The molecule has 0 unspecified atom stereocenters. The molecule has 6 heteroatoms. The van der Waals surface area contributed by atoms with Crippen molar-refractivity contribution in [2.24, 2.45) is 0 Å². The van der Waals surface area contributed by atoms with Gasteiger partial charge in [-0.2, -0.15) is 0 Å². The van der Waals surface area contributed by atoms with Crippen molar-refractivity contribution in [3.8, 4) is 11.3 Å². The van der Waals surface area contributed by atoms with Crippen LogP contribution >= 0.6 is 0 Å². The van der Waals surface area contributed by atoms with Crippen LogP contribution in [-0.2, 0) is 6.54 Å². The molecule has 3 aromatic rings. The molecule has 6 nitrogen and oxygen atoms in total. The van der Waals surface area contributed by atoms with Gasteiger partial charge in [-0.15, -0.1) is 5.10 Å². The molecule has 0 amide bonds. The van der Waals surface area contributed by atoms with Gasteiger partial charge in [0.25, 0.3) is 5.69 Å². The van der Waals surface area contributed by atoms with Gasteiger partial charge < -0.3 is 0 Å². The van der Waals surface area contributed by atoms with Crippen molar-refractivity contribution in [2.75, 3.05) is 0 Å².